The van der Waals surface area contributed by atoms with Crippen LogP contribution in [0.1, 0.15) is 41.2 Å². The lowest BCUT2D eigenvalue weighted by Crippen LogP contribution is -2.31. The molecule has 1 amide bonds. The van der Waals surface area contributed by atoms with Gasteiger partial charge in [-0.2, -0.15) is 9.40 Å². The molecule has 3 aromatic rings. The van der Waals surface area contributed by atoms with Gasteiger partial charge in [0.2, 0.25) is 10.0 Å². The van der Waals surface area contributed by atoms with E-state index in [-0.39, 0.29) is 21.8 Å². The number of rotatable bonds is 7. The second-order valence-corrected chi connectivity index (χ2v) is 9.44. The van der Waals surface area contributed by atoms with Gasteiger partial charge in [0, 0.05) is 30.0 Å². The van der Waals surface area contributed by atoms with E-state index < -0.39 is 21.7 Å². The summed E-state index contributed by atoms with van der Waals surface area (Å²) in [5, 5.41) is 6.91. The zero-order chi connectivity index (χ0) is 23.6. The summed E-state index contributed by atoms with van der Waals surface area (Å²) in [7, 11) is -3.72. The lowest BCUT2D eigenvalue weighted by Gasteiger charge is -2.20. The Balaban J connectivity index is 1.88. The predicted molar refractivity (Wildman–Crippen MR) is 122 cm³/mol. The van der Waals surface area contributed by atoms with Crippen molar-refractivity contribution in [1.29, 1.82) is 0 Å². The van der Waals surface area contributed by atoms with E-state index in [1.807, 2.05) is 19.9 Å². The number of halogens is 1. The Hall–Kier alpha value is -3.04. The van der Waals surface area contributed by atoms with Gasteiger partial charge in [0.25, 0.3) is 5.91 Å². The number of carbonyl (C=O) groups excluding carboxylic acids is 1. The highest BCUT2D eigenvalue weighted by Gasteiger charge is 2.25. The molecule has 0 unspecified atom stereocenters. The van der Waals surface area contributed by atoms with E-state index in [4.69, 9.17) is 0 Å². The normalized spacial score (nSPS) is 11.7. The van der Waals surface area contributed by atoms with Crippen molar-refractivity contribution >= 4 is 21.6 Å². The average Bonchev–Trinajstić information content (AvgIpc) is 3.06. The second kappa shape index (κ2) is 9.22. The quantitative estimate of drug-likeness (QED) is 0.575. The van der Waals surface area contributed by atoms with Crippen LogP contribution in [-0.2, 0) is 10.0 Å². The van der Waals surface area contributed by atoms with E-state index in [1.165, 1.54) is 27.2 Å². The minimum Gasteiger partial charge on any atom is -0.322 e. The van der Waals surface area contributed by atoms with Gasteiger partial charge >= 0.3 is 0 Å². The van der Waals surface area contributed by atoms with E-state index in [1.54, 1.807) is 39.0 Å². The van der Waals surface area contributed by atoms with Crippen LogP contribution in [-0.4, -0.2) is 41.5 Å². The number of amides is 1. The molecule has 7 nitrogen and oxygen atoms in total. The van der Waals surface area contributed by atoms with Crippen LogP contribution in [0.3, 0.4) is 0 Å². The first-order chi connectivity index (χ1) is 15.1. The first-order valence-electron chi connectivity index (χ1n) is 10.3. The molecule has 0 fully saturated rings. The number of carbonyl (C=O) groups is 1. The largest absolute Gasteiger partial charge is 0.322 e. The summed E-state index contributed by atoms with van der Waals surface area (Å²) in [6, 6.07) is 10.7. The number of benzene rings is 2. The molecule has 0 spiro atoms. The molecule has 0 saturated carbocycles. The molecule has 170 valence electrons. The maximum absolute atomic E-state index is 14.7. The van der Waals surface area contributed by atoms with Crippen LogP contribution in [0.4, 0.5) is 10.1 Å². The monoisotopic (exact) mass is 458 g/mol. The Labute approximate surface area is 187 Å². The number of nitrogens with zero attached hydrogens (tertiary/aromatic N) is 3. The topological polar surface area (TPSA) is 84.3 Å². The van der Waals surface area contributed by atoms with Crippen LogP contribution in [0, 0.1) is 26.6 Å². The van der Waals surface area contributed by atoms with Gasteiger partial charge in [-0.15, -0.1) is 0 Å². The van der Waals surface area contributed by atoms with E-state index in [0.717, 1.165) is 11.4 Å². The van der Waals surface area contributed by atoms with Crippen LogP contribution >= 0.6 is 0 Å². The molecule has 9 heteroatoms. The molecule has 0 aliphatic heterocycles. The second-order valence-electron chi connectivity index (χ2n) is 7.53. The lowest BCUT2D eigenvalue weighted by molar-refractivity contribution is 0.102. The standard InChI is InChI=1S/C23H27FN4O3S/c1-6-27(7-2)32(30,31)22-13-18(9-8-15(22)3)23(29)25-19-10-11-21(20(24)14-19)28-17(5)12-16(4)26-28/h8-14H,6-7H2,1-5H3,(H,25,29). The van der Waals surface area contributed by atoms with E-state index in [2.05, 4.69) is 10.4 Å². The van der Waals surface area contributed by atoms with Crippen molar-refractivity contribution in [2.45, 2.75) is 39.5 Å². The number of nitrogens with one attached hydrogen (secondary N) is 1. The number of aromatic nitrogens is 2. The van der Waals surface area contributed by atoms with Gasteiger partial charge in [-0.05, 0) is 62.7 Å². The third-order valence-electron chi connectivity index (χ3n) is 5.22. The molecular weight excluding hydrogens is 431 g/mol. The fourth-order valence-electron chi connectivity index (χ4n) is 3.55. The highest BCUT2D eigenvalue weighted by molar-refractivity contribution is 7.89. The number of hydrogen-bond acceptors (Lipinski definition) is 4. The molecule has 32 heavy (non-hydrogen) atoms. The molecule has 0 bridgehead atoms. The fourth-order valence-corrected chi connectivity index (χ4v) is 5.26. The Morgan fingerprint density at radius 3 is 2.31 bits per heavy atom. The summed E-state index contributed by atoms with van der Waals surface area (Å²) in [6.07, 6.45) is 0. The Kier molecular flexibility index (Phi) is 6.80. The molecule has 1 aromatic heterocycles. The summed E-state index contributed by atoms with van der Waals surface area (Å²) in [5.41, 5.74) is 2.81. The van der Waals surface area contributed by atoms with Crippen molar-refractivity contribution in [1.82, 2.24) is 14.1 Å². The van der Waals surface area contributed by atoms with Gasteiger partial charge in [0.15, 0.2) is 5.82 Å². The molecule has 2 aromatic carbocycles. The van der Waals surface area contributed by atoms with Crippen molar-refractivity contribution in [3.63, 3.8) is 0 Å². The van der Waals surface area contributed by atoms with Crippen LogP contribution < -0.4 is 5.32 Å². The molecule has 3 rings (SSSR count). The van der Waals surface area contributed by atoms with Crippen LogP contribution in [0.25, 0.3) is 5.69 Å². The summed E-state index contributed by atoms with van der Waals surface area (Å²) in [4.78, 5) is 12.9. The van der Waals surface area contributed by atoms with Gasteiger partial charge in [-0.1, -0.05) is 19.9 Å². The molecule has 0 saturated heterocycles. The highest BCUT2D eigenvalue weighted by atomic mass is 32.2. The predicted octanol–water partition coefficient (Wildman–Crippen LogP) is 4.22. The summed E-state index contributed by atoms with van der Waals surface area (Å²) in [5.74, 6) is -1.07. The summed E-state index contributed by atoms with van der Waals surface area (Å²) >= 11 is 0. The van der Waals surface area contributed by atoms with E-state index in [0.29, 0.717) is 18.7 Å². The third-order valence-corrected chi connectivity index (χ3v) is 7.41. The zero-order valence-electron chi connectivity index (χ0n) is 18.8. The van der Waals surface area contributed by atoms with Gasteiger partial charge in [-0.3, -0.25) is 4.79 Å². The van der Waals surface area contributed by atoms with Crippen LogP contribution in [0.15, 0.2) is 47.4 Å². The molecule has 0 atom stereocenters. The number of sulfonamides is 1. The maximum atomic E-state index is 14.7. The summed E-state index contributed by atoms with van der Waals surface area (Å²) in [6.45, 7) is 9.52. The number of hydrogen-bond donors (Lipinski definition) is 1. The van der Waals surface area contributed by atoms with Crippen molar-refractivity contribution < 1.29 is 17.6 Å². The van der Waals surface area contributed by atoms with Crippen molar-refractivity contribution in [2.75, 3.05) is 18.4 Å². The molecule has 1 N–H and O–H groups in total. The van der Waals surface area contributed by atoms with Crippen molar-refractivity contribution in [2.24, 2.45) is 0 Å². The Morgan fingerprint density at radius 2 is 1.75 bits per heavy atom. The summed E-state index contributed by atoms with van der Waals surface area (Å²) < 4.78 is 43.4. The van der Waals surface area contributed by atoms with Crippen LogP contribution in [0.2, 0.25) is 0 Å². The first kappa shape index (κ1) is 23.6. The maximum Gasteiger partial charge on any atom is 0.255 e. The van der Waals surface area contributed by atoms with Crippen molar-refractivity contribution in [3.05, 3.63) is 70.8 Å². The van der Waals surface area contributed by atoms with Crippen LogP contribution in [0.5, 0.6) is 0 Å². The van der Waals surface area contributed by atoms with Gasteiger partial charge in [0.1, 0.15) is 5.69 Å². The lowest BCUT2D eigenvalue weighted by atomic mass is 10.1. The van der Waals surface area contributed by atoms with Gasteiger partial charge < -0.3 is 5.32 Å². The molecule has 0 radical (unpaired) electrons. The van der Waals surface area contributed by atoms with Crippen molar-refractivity contribution in [3.8, 4) is 5.69 Å². The molecule has 0 aliphatic rings. The number of aryl methyl sites for hydroxylation is 3. The van der Waals surface area contributed by atoms with Gasteiger partial charge in [-0.25, -0.2) is 17.5 Å². The molecule has 0 aliphatic carbocycles. The number of anilines is 1. The average molecular weight is 459 g/mol. The Bertz CT molecular complexity index is 1260. The molecule has 1 heterocycles. The van der Waals surface area contributed by atoms with Gasteiger partial charge in [0.05, 0.1) is 10.6 Å². The first-order valence-corrected chi connectivity index (χ1v) is 11.8. The minimum absolute atomic E-state index is 0.0832. The van der Waals surface area contributed by atoms with E-state index >= 15 is 0 Å². The smallest absolute Gasteiger partial charge is 0.255 e. The fraction of sp³-hybridized carbons (Fsp3) is 0.304. The zero-order valence-corrected chi connectivity index (χ0v) is 19.6. The molecular formula is C23H27FN4O3S. The minimum atomic E-state index is -3.72. The Morgan fingerprint density at radius 1 is 1.06 bits per heavy atom. The third kappa shape index (κ3) is 4.58. The highest BCUT2D eigenvalue weighted by Crippen LogP contribution is 2.23. The SMILES string of the molecule is CCN(CC)S(=O)(=O)c1cc(C(=O)Nc2ccc(-n3nc(C)cc3C)c(F)c2)ccc1C. The van der Waals surface area contributed by atoms with E-state index in [9.17, 15) is 17.6 Å².